The summed E-state index contributed by atoms with van der Waals surface area (Å²) in [5, 5.41) is 0. The molecule has 11 heteroatoms. The molecule has 0 spiro atoms. The molecule has 0 aromatic heterocycles. The first kappa shape index (κ1) is 25.2. The second kappa shape index (κ2) is 9.66. The minimum Gasteiger partial charge on any atom is -0.462 e. The van der Waals surface area contributed by atoms with E-state index in [0.717, 1.165) is 4.90 Å². The summed E-state index contributed by atoms with van der Waals surface area (Å²) >= 11 is 0. The molecule has 0 saturated heterocycles. The van der Waals surface area contributed by atoms with Crippen LogP contribution < -0.4 is 4.90 Å². The number of amides is 2. The van der Waals surface area contributed by atoms with Crippen LogP contribution in [-0.2, 0) is 20.2 Å². The average Bonchev–Trinajstić information content (AvgIpc) is 3.17. The number of hydrogen-bond acceptors (Lipinski definition) is 7. The maximum atomic E-state index is 13.3. The molecule has 3 aliphatic rings. The third kappa shape index (κ3) is 4.42. The van der Waals surface area contributed by atoms with Gasteiger partial charge in [0.05, 0.1) is 47.3 Å². The Hall–Kier alpha value is -3.85. The molecule has 2 aliphatic carbocycles. The zero-order valence-corrected chi connectivity index (χ0v) is 20.3. The molecule has 1 aliphatic heterocycles. The van der Waals surface area contributed by atoms with E-state index >= 15 is 0 Å². The minimum atomic E-state index is -4.41. The van der Waals surface area contributed by atoms with E-state index in [9.17, 15) is 33.5 Å². The van der Waals surface area contributed by atoms with Crippen molar-refractivity contribution in [3.05, 3.63) is 76.3 Å². The smallest absolute Gasteiger partial charge is 0.340 e. The van der Waals surface area contributed by atoms with Crippen LogP contribution in [0.1, 0.15) is 60.8 Å². The summed E-state index contributed by atoms with van der Waals surface area (Å²) in [5.41, 5.74) is 0.117. The number of imide groups is 1. The van der Waals surface area contributed by atoms with Crippen molar-refractivity contribution < 1.29 is 43.0 Å². The first-order chi connectivity index (χ1) is 17.1. The van der Waals surface area contributed by atoms with Gasteiger partial charge in [-0.3, -0.25) is 14.2 Å². The summed E-state index contributed by atoms with van der Waals surface area (Å²) in [6.45, 7) is 3.11. The molecule has 0 unspecified atom stereocenters. The van der Waals surface area contributed by atoms with Crippen molar-refractivity contribution >= 4 is 37.0 Å². The number of benzene rings is 1. The Labute approximate surface area is 205 Å². The van der Waals surface area contributed by atoms with Gasteiger partial charge in [-0.15, -0.1) is 0 Å². The molecular formula is C25H22NO9P. The van der Waals surface area contributed by atoms with E-state index in [4.69, 9.17) is 9.47 Å². The van der Waals surface area contributed by atoms with Crippen molar-refractivity contribution in [1.82, 2.24) is 0 Å². The molecule has 2 N–H and O–H groups in total. The molecule has 0 radical (unpaired) electrons. The number of esters is 2. The Balaban J connectivity index is 2.05. The highest BCUT2D eigenvalue weighted by atomic mass is 31.2. The first-order valence-corrected chi connectivity index (χ1v) is 12.8. The maximum absolute atomic E-state index is 13.3. The van der Waals surface area contributed by atoms with Gasteiger partial charge in [0.2, 0.25) is 0 Å². The Bertz CT molecular complexity index is 1330. The number of rotatable bonds is 7. The standard InChI is InChI=1S/C25H22NO9P/c1-3-34-24(29)19-15-11-9-14(13-36(31,32)33)10-12-16(15)20(25(30)35-4-2)21(19)26-22(27)17-7-5-6-8-18(17)23(26)28/h5-12H,3-4,13H2,1-2H3,(H2,31,32,33). The fraction of sp³-hybridized carbons (Fsp3) is 0.200. The van der Waals surface area contributed by atoms with Crippen LogP contribution in [0.2, 0.25) is 0 Å². The van der Waals surface area contributed by atoms with Gasteiger partial charge in [0.15, 0.2) is 0 Å². The molecule has 36 heavy (non-hydrogen) atoms. The van der Waals surface area contributed by atoms with Crippen molar-refractivity contribution in [2.24, 2.45) is 0 Å². The lowest BCUT2D eigenvalue weighted by atomic mass is 10.1. The van der Waals surface area contributed by atoms with E-state index in [0.29, 0.717) is 0 Å². The number of hydrogen-bond donors (Lipinski definition) is 2. The van der Waals surface area contributed by atoms with Crippen LogP contribution in [0.3, 0.4) is 0 Å². The van der Waals surface area contributed by atoms with E-state index in [1.54, 1.807) is 26.0 Å². The Morgan fingerprint density at radius 2 is 1.22 bits per heavy atom. The summed E-state index contributed by atoms with van der Waals surface area (Å²) in [5.74, 6) is -3.19. The average molecular weight is 511 g/mol. The fourth-order valence-corrected chi connectivity index (χ4v) is 4.90. The second-order valence-electron chi connectivity index (χ2n) is 7.92. The van der Waals surface area contributed by atoms with E-state index in [1.807, 2.05) is 0 Å². The van der Waals surface area contributed by atoms with Crippen molar-refractivity contribution in [2.75, 3.05) is 18.1 Å². The number of nitrogens with zero attached hydrogens (tertiary/aromatic N) is 1. The molecule has 1 aromatic rings. The van der Waals surface area contributed by atoms with Gasteiger partial charge in [0, 0.05) is 0 Å². The van der Waals surface area contributed by atoms with Gasteiger partial charge in [0.1, 0.15) is 0 Å². The predicted octanol–water partition coefficient (Wildman–Crippen LogP) is 3.62. The highest BCUT2D eigenvalue weighted by molar-refractivity contribution is 7.50. The van der Waals surface area contributed by atoms with Crippen LogP contribution in [0.25, 0.3) is 11.1 Å². The minimum absolute atomic E-state index is 0.0236. The number of anilines is 1. The summed E-state index contributed by atoms with van der Waals surface area (Å²) in [6.07, 6.45) is -0.570. The molecule has 1 aromatic carbocycles. The van der Waals surface area contributed by atoms with Gasteiger partial charge < -0.3 is 19.3 Å². The van der Waals surface area contributed by atoms with Crippen LogP contribution in [0.4, 0.5) is 5.69 Å². The largest absolute Gasteiger partial charge is 0.462 e. The molecule has 4 rings (SSSR count). The van der Waals surface area contributed by atoms with Gasteiger partial charge >= 0.3 is 19.5 Å². The normalized spacial score (nSPS) is 13.2. The van der Waals surface area contributed by atoms with Gasteiger partial charge in [-0.2, -0.15) is 0 Å². The van der Waals surface area contributed by atoms with Gasteiger partial charge in [-0.25, -0.2) is 14.5 Å². The van der Waals surface area contributed by atoms with Crippen molar-refractivity contribution in [3.8, 4) is 11.1 Å². The van der Waals surface area contributed by atoms with Crippen LogP contribution >= 0.6 is 7.60 Å². The topological polar surface area (TPSA) is 148 Å². The molecule has 0 saturated carbocycles. The first-order valence-electron chi connectivity index (χ1n) is 11.0. The summed E-state index contributed by atoms with van der Waals surface area (Å²) < 4.78 is 22.0. The van der Waals surface area contributed by atoms with Crippen molar-refractivity contribution in [3.63, 3.8) is 0 Å². The summed E-state index contributed by atoms with van der Waals surface area (Å²) in [4.78, 5) is 72.6. The molecular weight excluding hydrogens is 489 g/mol. The number of ether oxygens (including phenoxy) is 2. The quantitative estimate of drug-likeness (QED) is 0.276. The Morgan fingerprint density at radius 3 is 1.61 bits per heavy atom. The van der Waals surface area contributed by atoms with Crippen LogP contribution in [-0.4, -0.2) is 46.8 Å². The SMILES string of the molecule is CCOC(=O)c1c2ccc(CP(=O)(O)O)ccc-2c(C(=O)OCC)c1N1C(=O)c2ccccc2C1=O. The van der Waals surface area contributed by atoms with Crippen molar-refractivity contribution in [1.29, 1.82) is 0 Å². The number of carbonyl (C=O) groups is 4. The Kier molecular flexibility index (Phi) is 6.77. The third-order valence-electron chi connectivity index (χ3n) is 5.60. The maximum Gasteiger partial charge on any atom is 0.340 e. The molecule has 0 bridgehead atoms. The van der Waals surface area contributed by atoms with E-state index in [2.05, 4.69) is 0 Å². The molecule has 2 amide bonds. The number of fused-ring (bicyclic) bond motifs is 2. The van der Waals surface area contributed by atoms with Gasteiger partial charge in [-0.1, -0.05) is 36.4 Å². The van der Waals surface area contributed by atoms with Gasteiger partial charge in [0.25, 0.3) is 11.8 Å². The second-order valence-corrected chi connectivity index (χ2v) is 9.57. The third-order valence-corrected chi connectivity index (χ3v) is 6.37. The highest BCUT2D eigenvalue weighted by Gasteiger charge is 2.44. The predicted molar refractivity (Wildman–Crippen MR) is 128 cm³/mol. The van der Waals surface area contributed by atoms with E-state index in [-0.39, 0.29) is 57.8 Å². The lowest BCUT2D eigenvalue weighted by Crippen LogP contribution is -2.32. The Morgan fingerprint density at radius 1 is 0.778 bits per heavy atom. The van der Waals surface area contributed by atoms with Crippen LogP contribution in [0, 0.1) is 0 Å². The summed E-state index contributed by atoms with van der Waals surface area (Å²) in [7, 11) is -4.41. The van der Waals surface area contributed by atoms with Crippen LogP contribution in [0.5, 0.6) is 0 Å². The number of carbonyl (C=O) groups excluding carboxylic acids is 4. The van der Waals surface area contributed by atoms with Crippen molar-refractivity contribution in [2.45, 2.75) is 20.0 Å². The fourth-order valence-electron chi connectivity index (χ4n) is 4.21. The van der Waals surface area contributed by atoms with E-state index < -0.39 is 37.5 Å². The molecule has 186 valence electrons. The highest BCUT2D eigenvalue weighted by Crippen LogP contribution is 2.46. The molecule has 0 atom stereocenters. The molecule has 1 heterocycles. The zero-order valence-electron chi connectivity index (χ0n) is 19.4. The molecule has 10 nitrogen and oxygen atoms in total. The lowest BCUT2D eigenvalue weighted by molar-refractivity contribution is 0.0525. The zero-order chi connectivity index (χ0) is 26.2. The van der Waals surface area contributed by atoms with Crippen LogP contribution in [0.15, 0.2) is 48.5 Å². The monoisotopic (exact) mass is 511 g/mol. The lowest BCUT2D eigenvalue weighted by Gasteiger charge is -2.17. The van der Waals surface area contributed by atoms with E-state index in [1.165, 1.54) is 36.4 Å². The molecule has 0 fully saturated rings. The van der Waals surface area contributed by atoms with Gasteiger partial charge in [-0.05, 0) is 42.7 Å². The summed E-state index contributed by atoms with van der Waals surface area (Å²) in [6, 6.07) is 11.7.